The molecule has 0 heterocycles. The second-order valence-corrected chi connectivity index (χ2v) is 7.63. The van der Waals surface area contributed by atoms with E-state index in [1.54, 1.807) is 14.0 Å². The molecule has 0 aliphatic heterocycles. The number of anilines is 2. The Balaban J connectivity index is 1.95. The first-order chi connectivity index (χ1) is 13.9. The summed E-state index contributed by atoms with van der Waals surface area (Å²) in [6, 6.07) is 7.63. The number of benzene rings is 2. The second kappa shape index (κ2) is 9.30. The van der Waals surface area contributed by atoms with Crippen LogP contribution in [0.25, 0.3) is 0 Å². The third kappa shape index (κ3) is 6.06. The summed E-state index contributed by atoms with van der Waals surface area (Å²) in [6.07, 6.45) is -4.43. The molecule has 2 amide bonds. The first kappa shape index (κ1) is 23.4. The highest BCUT2D eigenvalue weighted by molar-refractivity contribution is 5.95. The Hall–Kier alpha value is -2.87. The number of quaternary nitrogens is 1. The first-order valence-corrected chi connectivity index (χ1v) is 9.56. The lowest BCUT2D eigenvalue weighted by molar-refractivity contribution is -0.885. The summed E-state index contributed by atoms with van der Waals surface area (Å²) in [5.74, 6) is -0.612. The Bertz CT molecular complexity index is 901. The summed E-state index contributed by atoms with van der Waals surface area (Å²) in [6.45, 7) is 7.55. The van der Waals surface area contributed by atoms with E-state index in [0.29, 0.717) is 4.90 Å². The molecule has 0 radical (unpaired) electrons. The predicted molar refractivity (Wildman–Crippen MR) is 111 cm³/mol. The van der Waals surface area contributed by atoms with Gasteiger partial charge in [-0.05, 0) is 63.1 Å². The van der Waals surface area contributed by atoms with E-state index in [4.69, 9.17) is 0 Å². The minimum atomic E-state index is -4.43. The van der Waals surface area contributed by atoms with Crippen molar-refractivity contribution in [3.8, 4) is 0 Å². The molecule has 5 nitrogen and oxygen atoms in total. The van der Waals surface area contributed by atoms with Crippen LogP contribution in [0.5, 0.6) is 0 Å². The van der Waals surface area contributed by atoms with E-state index in [0.717, 1.165) is 34.5 Å². The molecule has 0 saturated carbocycles. The zero-order valence-electron chi connectivity index (χ0n) is 17.7. The summed E-state index contributed by atoms with van der Waals surface area (Å²) in [4.78, 5) is 25.5. The number of carbonyl (C=O) groups is 2. The van der Waals surface area contributed by atoms with Crippen LogP contribution in [0.4, 0.5) is 24.5 Å². The summed E-state index contributed by atoms with van der Waals surface area (Å²) < 4.78 is 37.9. The molecule has 0 fully saturated rings. The van der Waals surface area contributed by atoms with Gasteiger partial charge < -0.3 is 15.5 Å². The molecule has 0 aromatic heterocycles. The maximum Gasteiger partial charge on any atom is 0.416 e. The highest BCUT2D eigenvalue weighted by Crippen LogP contribution is 2.29. The van der Waals surface area contributed by atoms with Gasteiger partial charge in [0.1, 0.15) is 0 Å². The number of alkyl halides is 3. The lowest BCUT2D eigenvalue weighted by Crippen LogP contribution is -3.14. The number of likely N-dealkylation sites (N-methyl/N-ethyl adjacent to an activating group) is 1. The Kier molecular flexibility index (Phi) is 7.25. The Morgan fingerprint density at radius 3 is 2.03 bits per heavy atom. The van der Waals surface area contributed by atoms with Gasteiger partial charge in [0.15, 0.2) is 12.6 Å². The van der Waals surface area contributed by atoms with Gasteiger partial charge in [0.2, 0.25) is 0 Å². The van der Waals surface area contributed by atoms with Gasteiger partial charge in [-0.15, -0.1) is 0 Å². The highest BCUT2D eigenvalue weighted by atomic mass is 19.4. The third-order valence-electron chi connectivity index (χ3n) is 4.99. The number of halogens is 3. The zero-order chi connectivity index (χ0) is 22.6. The summed E-state index contributed by atoms with van der Waals surface area (Å²) >= 11 is 0. The topological polar surface area (TPSA) is 62.6 Å². The number of nitrogens with one attached hydrogen (secondary N) is 3. The van der Waals surface area contributed by atoms with Crippen molar-refractivity contribution >= 4 is 23.2 Å². The van der Waals surface area contributed by atoms with Gasteiger partial charge in [0.05, 0.1) is 12.6 Å². The van der Waals surface area contributed by atoms with Crippen LogP contribution in [0.1, 0.15) is 29.2 Å². The van der Waals surface area contributed by atoms with Crippen LogP contribution in [-0.4, -0.2) is 31.4 Å². The van der Waals surface area contributed by atoms with Crippen LogP contribution in [0.3, 0.4) is 0 Å². The fourth-order valence-electron chi connectivity index (χ4n) is 3.18. The van der Waals surface area contributed by atoms with E-state index >= 15 is 0 Å². The molecule has 0 spiro atoms. The molecule has 0 saturated heterocycles. The van der Waals surface area contributed by atoms with Crippen LogP contribution in [-0.2, 0) is 15.8 Å². The molecule has 8 heteroatoms. The van der Waals surface area contributed by atoms with Gasteiger partial charge in [-0.1, -0.05) is 17.7 Å². The van der Waals surface area contributed by atoms with Crippen molar-refractivity contribution in [1.29, 1.82) is 0 Å². The quantitative estimate of drug-likeness (QED) is 0.670. The van der Waals surface area contributed by atoms with Crippen molar-refractivity contribution in [2.24, 2.45) is 0 Å². The van der Waals surface area contributed by atoms with Gasteiger partial charge in [-0.2, -0.15) is 13.2 Å². The van der Waals surface area contributed by atoms with Crippen molar-refractivity contribution in [1.82, 2.24) is 0 Å². The van der Waals surface area contributed by atoms with Crippen molar-refractivity contribution in [3.05, 3.63) is 58.7 Å². The maximum absolute atomic E-state index is 12.6. The fraction of sp³-hybridized carbons (Fsp3) is 0.364. The van der Waals surface area contributed by atoms with E-state index in [9.17, 15) is 22.8 Å². The normalized spacial score (nSPS) is 13.5. The molecule has 2 aromatic rings. The number of aryl methyl sites for hydroxylation is 3. The molecular weight excluding hydrogens is 395 g/mol. The minimum absolute atomic E-state index is 0.0638. The average Bonchev–Trinajstić information content (AvgIpc) is 2.63. The largest absolute Gasteiger partial charge is 0.416 e. The van der Waals surface area contributed by atoms with E-state index < -0.39 is 17.8 Å². The number of carbonyl (C=O) groups excluding carboxylic acids is 2. The second-order valence-electron chi connectivity index (χ2n) is 7.63. The highest BCUT2D eigenvalue weighted by Gasteiger charge is 2.30. The molecule has 2 aromatic carbocycles. The summed E-state index contributed by atoms with van der Waals surface area (Å²) in [7, 11) is 1.71. The van der Waals surface area contributed by atoms with Crippen molar-refractivity contribution in [3.63, 3.8) is 0 Å². The molecule has 162 valence electrons. The number of hydrogen-bond acceptors (Lipinski definition) is 2. The molecule has 0 aliphatic carbocycles. The number of hydrogen-bond donors (Lipinski definition) is 3. The summed E-state index contributed by atoms with van der Waals surface area (Å²) in [5, 5.41) is 5.49. The van der Waals surface area contributed by atoms with Crippen LogP contribution in [0.15, 0.2) is 36.4 Å². The molecule has 1 unspecified atom stereocenters. The molecule has 0 aliphatic rings. The lowest BCUT2D eigenvalue weighted by atomic mass is 10.1. The van der Waals surface area contributed by atoms with Crippen molar-refractivity contribution in [2.45, 2.75) is 39.9 Å². The SMILES string of the molecule is Cc1cc(C)c(NC(=O)C[NH+](C)[C@H](C)C(=O)Nc2ccc(C(F)(F)F)cc2)c(C)c1. The van der Waals surface area contributed by atoms with Crippen LogP contribution in [0, 0.1) is 20.8 Å². The molecule has 3 N–H and O–H groups in total. The number of rotatable bonds is 6. The lowest BCUT2D eigenvalue weighted by Gasteiger charge is -2.21. The molecular formula is C22H27F3N3O2+. The van der Waals surface area contributed by atoms with Gasteiger partial charge in [0, 0.05) is 11.4 Å². The van der Waals surface area contributed by atoms with Gasteiger partial charge in [-0.25, -0.2) is 0 Å². The van der Waals surface area contributed by atoms with Crippen LogP contribution < -0.4 is 15.5 Å². The third-order valence-corrected chi connectivity index (χ3v) is 4.99. The Morgan fingerprint density at radius 1 is 1.00 bits per heavy atom. The average molecular weight is 422 g/mol. The minimum Gasteiger partial charge on any atom is -0.321 e. The van der Waals surface area contributed by atoms with Crippen molar-refractivity contribution in [2.75, 3.05) is 24.2 Å². The fourth-order valence-corrected chi connectivity index (χ4v) is 3.18. The molecule has 2 rings (SSSR count). The van der Waals surface area contributed by atoms with E-state index in [2.05, 4.69) is 10.6 Å². The van der Waals surface area contributed by atoms with Gasteiger partial charge >= 0.3 is 6.18 Å². The monoisotopic (exact) mass is 422 g/mol. The maximum atomic E-state index is 12.6. The van der Waals surface area contributed by atoms with Gasteiger partial charge in [0.25, 0.3) is 11.8 Å². The molecule has 2 atom stereocenters. The van der Waals surface area contributed by atoms with E-state index in [1.807, 2.05) is 32.9 Å². The van der Waals surface area contributed by atoms with E-state index in [1.165, 1.54) is 12.1 Å². The van der Waals surface area contributed by atoms with Gasteiger partial charge in [-0.3, -0.25) is 9.59 Å². The standard InChI is InChI=1S/C22H26F3N3O2/c1-13-10-14(2)20(15(3)11-13)27-19(29)12-28(5)16(4)21(30)26-18-8-6-17(7-9-18)22(23,24)25/h6-11,16H,12H2,1-5H3,(H,26,30)(H,27,29)/p+1/t16-/m1/s1. The van der Waals surface area contributed by atoms with E-state index in [-0.39, 0.29) is 24.0 Å². The smallest absolute Gasteiger partial charge is 0.321 e. The van der Waals surface area contributed by atoms with Crippen LogP contribution in [0.2, 0.25) is 0 Å². The number of amides is 2. The van der Waals surface area contributed by atoms with Crippen molar-refractivity contribution < 1.29 is 27.7 Å². The Morgan fingerprint density at radius 2 is 1.53 bits per heavy atom. The summed E-state index contributed by atoms with van der Waals surface area (Å²) in [5.41, 5.74) is 3.29. The van der Waals surface area contributed by atoms with Crippen LogP contribution >= 0.6 is 0 Å². The zero-order valence-corrected chi connectivity index (χ0v) is 17.7. The first-order valence-electron chi connectivity index (χ1n) is 9.56. The molecule has 0 bridgehead atoms. The molecule has 30 heavy (non-hydrogen) atoms. The predicted octanol–water partition coefficient (Wildman–Crippen LogP) is 3.11. The Labute approximate surface area is 174 Å².